The molecule has 0 atom stereocenters. The van der Waals surface area contributed by atoms with Crippen molar-refractivity contribution in [1.82, 2.24) is 4.98 Å². The molecule has 0 saturated carbocycles. The number of hydrogen-bond acceptors (Lipinski definition) is 3. The molecule has 0 amide bonds. The Morgan fingerprint density at radius 1 is 1.67 bits per heavy atom. The summed E-state index contributed by atoms with van der Waals surface area (Å²) < 4.78 is 12.0. The largest absolute Gasteiger partial charge is 0.301 e. The normalized spacial score (nSPS) is 9.83. The first-order chi connectivity index (χ1) is 5.65. The van der Waals surface area contributed by atoms with Gasteiger partial charge in [0.25, 0.3) is 0 Å². The van der Waals surface area contributed by atoms with E-state index in [4.69, 9.17) is 0 Å². The summed E-state index contributed by atoms with van der Waals surface area (Å²) in [4.78, 5) is 13.3. The van der Waals surface area contributed by atoms with E-state index in [2.05, 4.69) is 20.9 Å². The van der Waals surface area contributed by atoms with Crippen molar-refractivity contribution in [3.05, 3.63) is 32.5 Å². The average molecular weight is 235 g/mol. The van der Waals surface area contributed by atoms with Crippen LogP contribution in [-0.4, -0.2) is 9.91 Å². The Hall–Kier alpha value is -1.04. The van der Waals surface area contributed by atoms with Gasteiger partial charge in [0.2, 0.25) is 0 Å². The van der Waals surface area contributed by atoms with Crippen molar-refractivity contribution in [2.45, 2.75) is 6.67 Å². The first kappa shape index (κ1) is 9.05. The minimum absolute atomic E-state index is 0.0580. The second-order valence-electron chi connectivity index (χ2n) is 2.00. The predicted molar refractivity (Wildman–Crippen MR) is 43.4 cm³/mol. The van der Waals surface area contributed by atoms with Crippen LogP contribution in [0.1, 0.15) is 5.69 Å². The molecule has 0 aliphatic carbocycles. The van der Waals surface area contributed by atoms with Crippen molar-refractivity contribution in [2.75, 3.05) is 0 Å². The fourth-order valence-electron chi connectivity index (χ4n) is 0.675. The van der Waals surface area contributed by atoms with Gasteiger partial charge in [-0.2, -0.15) is 0 Å². The topological polar surface area (TPSA) is 56.0 Å². The number of alkyl halides is 1. The zero-order valence-corrected chi connectivity index (χ0v) is 7.41. The Bertz CT molecular complexity index is 318. The molecule has 0 N–H and O–H groups in total. The fraction of sp³-hybridized carbons (Fsp3) is 0.167. The smallest absolute Gasteiger partial charge is 0.258 e. The van der Waals surface area contributed by atoms with Crippen LogP contribution in [0.5, 0.6) is 0 Å². The van der Waals surface area contributed by atoms with E-state index in [0.717, 1.165) is 0 Å². The molecule has 1 aromatic rings. The molecule has 64 valence electrons. The van der Waals surface area contributed by atoms with Gasteiger partial charge in [0.15, 0.2) is 4.60 Å². The van der Waals surface area contributed by atoms with Gasteiger partial charge in [0.1, 0.15) is 6.67 Å². The maximum atomic E-state index is 12.0. The summed E-state index contributed by atoms with van der Waals surface area (Å²) in [6.45, 7) is -0.726. The molecule has 0 aliphatic rings. The molecule has 0 fully saturated rings. The van der Waals surface area contributed by atoms with E-state index in [1.807, 2.05) is 0 Å². The van der Waals surface area contributed by atoms with E-state index < -0.39 is 11.6 Å². The zero-order valence-electron chi connectivity index (χ0n) is 5.83. The van der Waals surface area contributed by atoms with E-state index in [9.17, 15) is 14.5 Å². The lowest BCUT2D eigenvalue weighted by Crippen LogP contribution is -1.93. The summed E-state index contributed by atoms with van der Waals surface area (Å²) in [6, 6.07) is 2.49. The molecule has 0 spiro atoms. The van der Waals surface area contributed by atoms with Gasteiger partial charge >= 0.3 is 5.69 Å². The molecule has 4 nitrogen and oxygen atoms in total. The first-order valence-electron chi connectivity index (χ1n) is 3.01. The van der Waals surface area contributed by atoms with Gasteiger partial charge in [-0.3, -0.25) is 10.1 Å². The number of hydrogen-bond donors (Lipinski definition) is 0. The standard InChI is InChI=1S/C6H4BrFN2O2/c7-6-5(10(11)12)2-1-4(3-8)9-6/h1-2H,3H2. The summed E-state index contributed by atoms with van der Waals surface area (Å²) >= 11 is 2.87. The van der Waals surface area contributed by atoms with Gasteiger partial charge in [0, 0.05) is 6.07 Å². The maximum Gasteiger partial charge on any atom is 0.301 e. The van der Waals surface area contributed by atoms with Crippen molar-refractivity contribution < 1.29 is 9.31 Å². The Kier molecular flexibility index (Phi) is 2.69. The van der Waals surface area contributed by atoms with Crippen LogP contribution >= 0.6 is 15.9 Å². The third-order valence-electron chi connectivity index (χ3n) is 1.22. The summed E-state index contributed by atoms with van der Waals surface area (Å²) in [5.41, 5.74) is 0.0136. The Labute approximate surface area is 75.7 Å². The molecule has 1 rings (SSSR count). The Morgan fingerprint density at radius 3 is 2.75 bits per heavy atom. The molecule has 6 heteroatoms. The molecule has 12 heavy (non-hydrogen) atoms. The summed E-state index contributed by atoms with van der Waals surface area (Å²) in [5.74, 6) is 0. The molecular formula is C6H4BrFN2O2. The van der Waals surface area contributed by atoms with Crippen LogP contribution in [0, 0.1) is 10.1 Å². The number of nitro groups is 1. The second-order valence-corrected chi connectivity index (χ2v) is 2.75. The zero-order chi connectivity index (χ0) is 9.14. The van der Waals surface area contributed by atoms with Crippen molar-refractivity contribution in [2.24, 2.45) is 0 Å². The van der Waals surface area contributed by atoms with E-state index in [1.165, 1.54) is 12.1 Å². The van der Waals surface area contributed by atoms with Crippen LogP contribution in [-0.2, 0) is 6.67 Å². The summed E-state index contributed by atoms with van der Waals surface area (Å²) in [6.07, 6.45) is 0. The number of rotatable bonds is 2. The van der Waals surface area contributed by atoms with Crippen molar-refractivity contribution in [3.8, 4) is 0 Å². The van der Waals surface area contributed by atoms with Crippen molar-refractivity contribution in [1.29, 1.82) is 0 Å². The quantitative estimate of drug-likeness (QED) is 0.448. The maximum absolute atomic E-state index is 12.0. The molecule has 0 unspecified atom stereocenters. The summed E-state index contributed by atoms with van der Waals surface area (Å²) in [7, 11) is 0. The van der Waals surface area contributed by atoms with E-state index in [1.54, 1.807) is 0 Å². The molecular weight excluding hydrogens is 231 g/mol. The van der Waals surface area contributed by atoms with Crippen molar-refractivity contribution >= 4 is 21.6 Å². The second kappa shape index (κ2) is 3.57. The minimum Gasteiger partial charge on any atom is -0.258 e. The SMILES string of the molecule is O=[N+]([O-])c1ccc(CF)nc1Br. The molecule has 0 bridgehead atoms. The minimum atomic E-state index is -0.726. The highest BCUT2D eigenvalue weighted by atomic mass is 79.9. The highest BCUT2D eigenvalue weighted by Crippen LogP contribution is 2.22. The number of halogens is 2. The lowest BCUT2D eigenvalue weighted by Gasteiger charge is -1.95. The third-order valence-corrected chi connectivity index (χ3v) is 1.80. The Balaban J connectivity index is 3.12. The number of nitrogens with zero attached hydrogens (tertiary/aromatic N) is 2. The van der Waals surface area contributed by atoms with Gasteiger partial charge < -0.3 is 0 Å². The van der Waals surface area contributed by atoms with Crippen LogP contribution in [0.25, 0.3) is 0 Å². The molecule has 1 heterocycles. The van der Waals surface area contributed by atoms with Gasteiger partial charge in [-0.05, 0) is 22.0 Å². The van der Waals surface area contributed by atoms with E-state index in [-0.39, 0.29) is 16.0 Å². The fourth-order valence-corrected chi connectivity index (χ4v) is 1.18. The van der Waals surface area contributed by atoms with Crippen LogP contribution in [0.15, 0.2) is 16.7 Å². The lowest BCUT2D eigenvalue weighted by molar-refractivity contribution is -0.386. The van der Waals surface area contributed by atoms with Gasteiger partial charge in [0.05, 0.1) is 10.6 Å². The molecule has 0 aliphatic heterocycles. The average Bonchev–Trinajstić information content (AvgIpc) is 2.03. The molecule has 1 aromatic heterocycles. The number of pyridine rings is 1. The van der Waals surface area contributed by atoms with Gasteiger partial charge in [-0.15, -0.1) is 0 Å². The van der Waals surface area contributed by atoms with Crippen LogP contribution < -0.4 is 0 Å². The summed E-state index contributed by atoms with van der Waals surface area (Å²) in [5, 5.41) is 10.3. The van der Waals surface area contributed by atoms with Crippen LogP contribution in [0.3, 0.4) is 0 Å². The molecule has 0 radical (unpaired) electrons. The first-order valence-corrected chi connectivity index (χ1v) is 3.80. The van der Waals surface area contributed by atoms with Crippen LogP contribution in [0.4, 0.5) is 10.1 Å². The molecule has 0 saturated heterocycles. The predicted octanol–water partition coefficient (Wildman–Crippen LogP) is 2.22. The van der Waals surface area contributed by atoms with Crippen LogP contribution in [0.2, 0.25) is 0 Å². The van der Waals surface area contributed by atoms with E-state index in [0.29, 0.717) is 0 Å². The number of aromatic nitrogens is 1. The highest BCUT2D eigenvalue weighted by Gasteiger charge is 2.12. The monoisotopic (exact) mass is 234 g/mol. The van der Waals surface area contributed by atoms with Gasteiger partial charge in [-0.25, -0.2) is 9.37 Å². The molecule has 0 aromatic carbocycles. The lowest BCUT2D eigenvalue weighted by atomic mass is 10.3. The van der Waals surface area contributed by atoms with Gasteiger partial charge in [-0.1, -0.05) is 0 Å². The highest BCUT2D eigenvalue weighted by molar-refractivity contribution is 9.10. The Morgan fingerprint density at radius 2 is 2.33 bits per heavy atom. The van der Waals surface area contributed by atoms with Crippen molar-refractivity contribution in [3.63, 3.8) is 0 Å². The third kappa shape index (κ3) is 1.76. The van der Waals surface area contributed by atoms with E-state index >= 15 is 0 Å².